The van der Waals surface area contributed by atoms with Crippen LogP contribution >= 0.6 is 12.4 Å². The van der Waals surface area contributed by atoms with Crippen LogP contribution in [-0.2, 0) is 4.79 Å². The van der Waals surface area contributed by atoms with Crippen LogP contribution < -0.4 is 11.5 Å². The third-order valence-electron chi connectivity index (χ3n) is 5.58. The summed E-state index contributed by atoms with van der Waals surface area (Å²) in [5.41, 5.74) is 12.4. The Morgan fingerprint density at radius 2 is 2.08 bits per heavy atom. The van der Waals surface area contributed by atoms with E-state index >= 15 is 0 Å². The number of aromatic amines is 1. The monoisotopic (exact) mass is 369 g/mol. The molecule has 3 atom stereocenters. The minimum atomic E-state index is -0.539. The SMILES string of the molecule is CC1(N)CCCCC1C(=O)N1CCCC(c2cc(C(N)=O)n[nH]2)C1.Cl. The molecule has 3 unspecified atom stereocenters. The molecule has 0 aromatic carbocycles. The molecule has 1 aliphatic carbocycles. The van der Waals surface area contributed by atoms with Gasteiger partial charge in [-0.1, -0.05) is 12.8 Å². The van der Waals surface area contributed by atoms with Crippen molar-refractivity contribution in [2.24, 2.45) is 17.4 Å². The topological polar surface area (TPSA) is 118 Å². The molecule has 1 aromatic heterocycles. The van der Waals surface area contributed by atoms with Crippen LogP contribution in [0, 0.1) is 5.92 Å². The van der Waals surface area contributed by atoms with Gasteiger partial charge in [0.15, 0.2) is 0 Å². The zero-order valence-electron chi connectivity index (χ0n) is 14.7. The molecule has 1 saturated carbocycles. The Morgan fingerprint density at radius 3 is 2.72 bits per heavy atom. The number of amides is 2. The van der Waals surface area contributed by atoms with E-state index in [2.05, 4.69) is 10.2 Å². The summed E-state index contributed by atoms with van der Waals surface area (Å²) in [6.45, 7) is 3.43. The van der Waals surface area contributed by atoms with E-state index in [0.29, 0.717) is 6.54 Å². The van der Waals surface area contributed by atoms with Gasteiger partial charge in [-0.3, -0.25) is 14.7 Å². The van der Waals surface area contributed by atoms with Gasteiger partial charge in [0.05, 0.1) is 5.92 Å². The molecule has 0 spiro atoms. The van der Waals surface area contributed by atoms with Crippen molar-refractivity contribution in [3.05, 3.63) is 17.5 Å². The number of piperidine rings is 1. The second kappa shape index (κ2) is 7.74. The summed E-state index contributed by atoms with van der Waals surface area (Å²) in [7, 11) is 0. The molecular weight excluding hydrogens is 342 g/mol. The van der Waals surface area contributed by atoms with Crippen molar-refractivity contribution in [3.8, 4) is 0 Å². The molecule has 5 N–H and O–H groups in total. The van der Waals surface area contributed by atoms with E-state index in [9.17, 15) is 9.59 Å². The van der Waals surface area contributed by atoms with Crippen molar-refractivity contribution in [1.82, 2.24) is 15.1 Å². The first-order valence-electron chi connectivity index (χ1n) is 8.81. The molecule has 1 saturated heterocycles. The third-order valence-corrected chi connectivity index (χ3v) is 5.58. The van der Waals surface area contributed by atoms with Gasteiger partial charge in [0, 0.05) is 30.2 Å². The molecular formula is C17H28ClN5O2. The molecule has 3 rings (SSSR count). The summed E-state index contributed by atoms with van der Waals surface area (Å²) in [6, 6.07) is 1.70. The van der Waals surface area contributed by atoms with Crippen molar-refractivity contribution in [2.45, 2.75) is 56.9 Å². The molecule has 7 nitrogen and oxygen atoms in total. The van der Waals surface area contributed by atoms with E-state index in [1.54, 1.807) is 6.07 Å². The van der Waals surface area contributed by atoms with Gasteiger partial charge >= 0.3 is 0 Å². The summed E-state index contributed by atoms with van der Waals surface area (Å²) in [4.78, 5) is 26.2. The maximum atomic E-state index is 13.0. The number of likely N-dealkylation sites (tertiary alicyclic amines) is 1. The molecule has 2 heterocycles. The van der Waals surface area contributed by atoms with E-state index in [4.69, 9.17) is 11.5 Å². The van der Waals surface area contributed by atoms with Crippen LogP contribution in [0.3, 0.4) is 0 Å². The summed E-state index contributed by atoms with van der Waals surface area (Å²) >= 11 is 0. The number of hydrogen-bond acceptors (Lipinski definition) is 4. The lowest BCUT2D eigenvalue weighted by Gasteiger charge is -2.42. The third kappa shape index (κ3) is 4.15. The molecule has 0 radical (unpaired) electrons. The van der Waals surface area contributed by atoms with Gasteiger partial charge < -0.3 is 16.4 Å². The number of carbonyl (C=O) groups is 2. The number of carbonyl (C=O) groups excluding carboxylic acids is 2. The molecule has 2 fully saturated rings. The van der Waals surface area contributed by atoms with Crippen LogP contribution in [0.2, 0.25) is 0 Å². The first-order valence-corrected chi connectivity index (χ1v) is 8.81. The first kappa shape index (κ1) is 19.7. The van der Waals surface area contributed by atoms with Crippen LogP contribution in [0.5, 0.6) is 0 Å². The Balaban J connectivity index is 0.00000225. The second-order valence-corrected chi connectivity index (χ2v) is 7.50. The summed E-state index contributed by atoms with van der Waals surface area (Å²) < 4.78 is 0. The molecule has 0 bridgehead atoms. The Kier molecular flexibility index (Phi) is 6.11. The number of primary amides is 1. The molecule has 2 aliphatic rings. The largest absolute Gasteiger partial charge is 0.364 e. The van der Waals surface area contributed by atoms with Gasteiger partial charge in [0.1, 0.15) is 5.69 Å². The summed E-state index contributed by atoms with van der Waals surface area (Å²) in [5.74, 6) is -0.287. The lowest BCUT2D eigenvalue weighted by molar-refractivity contribution is -0.140. The normalized spacial score (nSPS) is 29.8. The van der Waals surface area contributed by atoms with E-state index in [0.717, 1.165) is 50.8 Å². The molecule has 25 heavy (non-hydrogen) atoms. The van der Waals surface area contributed by atoms with E-state index in [1.807, 2.05) is 11.8 Å². The highest BCUT2D eigenvalue weighted by atomic mass is 35.5. The predicted octanol–water partition coefficient (Wildman–Crippen LogP) is 1.54. The minimum absolute atomic E-state index is 0. The average Bonchev–Trinajstić information content (AvgIpc) is 3.04. The Labute approximate surface area is 154 Å². The van der Waals surface area contributed by atoms with Crippen LogP contribution in [0.4, 0.5) is 0 Å². The fraction of sp³-hybridized carbons (Fsp3) is 0.706. The highest BCUT2D eigenvalue weighted by Gasteiger charge is 2.40. The average molecular weight is 370 g/mol. The van der Waals surface area contributed by atoms with Gasteiger partial charge in [0.25, 0.3) is 5.91 Å². The first-order chi connectivity index (χ1) is 11.4. The Bertz CT molecular complexity index is 630. The maximum Gasteiger partial charge on any atom is 0.269 e. The number of hydrogen-bond donors (Lipinski definition) is 3. The lowest BCUT2D eigenvalue weighted by atomic mass is 9.73. The van der Waals surface area contributed by atoms with Crippen LogP contribution in [0.25, 0.3) is 0 Å². The number of halogens is 1. The van der Waals surface area contributed by atoms with Crippen molar-refractivity contribution >= 4 is 24.2 Å². The van der Waals surface area contributed by atoms with Gasteiger partial charge in [-0.25, -0.2) is 0 Å². The standard InChI is InChI=1S/C17H27N5O2.ClH/c1-17(19)7-3-2-6-12(17)16(24)22-8-4-5-11(10-22)13-9-14(15(18)23)21-20-13;/h9,11-12H,2-8,10,19H2,1H3,(H2,18,23)(H,20,21);1H. The van der Waals surface area contributed by atoms with Crippen molar-refractivity contribution in [1.29, 1.82) is 0 Å². The van der Waals surface area contributed by atoms with E-state index in [-0.39, 0.29) is 35.8 Å². The number of nitrogens with zero attached hydrogens (tertiary/aromatic N) is 2. The van der Waals surface area contributed by atoms with Gasteiger partial charge in [0.2, 0.25) is 5.91 Å². The number of nitrogens with two attached hydrogens (primary N) is 2. The second-order valence-electron chi connectivity index (χ2n) is 7.50. The zero-order valence-corrected chi connectivity index (χ0v) is 15.5. The highest BCUT2D eigenvalue weighted by molar-refractivity contribution is 5.90. The van der Waals surface area contributed by atoms with E-state index in [1.165, 1.54) is 0 Å². The van der Waals surface area contributed by atoms with Crippen LogP contribution in [0.1, 0.15) is 67.5 Å². The summed E-state index contributed by atoms with van der Waals surface area (Å²) in [6.07, 6.45) is 5.86. The molecule has 1 aliphatic heterocycles. The quantitative estimate of drug-likeness (QED) is 0.748. The molecule has 8 heteroatoms. The lowest BCUT2D eigenvalue weighted by Crippen LogP contribution is -2.55. The van der Waals surface area contributed by atoms with Crippen molar-refractivity contribution < 1.29 is 9.59 Å². The Hall–Kier alpha value is -1.60. The fourth-order valence-corrected chi connectivity index (χ4v) is 4.09. The number of nitrogens with one attached hydrogen (secondary N) is 1. The maximum absolute atomic E-state index is 13.0. The fourth-order valence-electron chi connectivity index (χ4n) is 4.09. The molecule has 140 valence electrons. The van der Waals surface area contributed by atoms with Gasteiger partial charge in [-0.2, -0.15) is 5.10 Å². The number of aromatic nitrogens is 2. The summed E-state index contributed by atoms with van der Waals surface area (Å²) in [5, 5.41) is 6.85. The number of H-pyrrole nitrogens is 1. The van der Waals surface area contributed by atoms with Crippen LogP contribution in [0.15, 0.2) is 6.07 Å². The zero-order chi connectivity index (χ0) is 17.3. The molecule has 1 aromatic rings. The minimum Gasteiger partial charge on any atom is -0.364 e. The van der Waals surface area contributed by atoms with Crippen molar-refractivity contribution in [2.75, 3.05) is 13.1 Å². The van der Waals surface area contributed by atoms with E-state index < -0.39 is 11.4 Å². The highest BCUT2D eigenvalue weighted by Crippen LogP contribution is 2.35. The smallest absolute Gasteiger partial charge is 0.269 e. The van der Waals surface area contributed by atoms with Gasteiger partial charge in [-0.15, -0.1) is 12.4 Å². The van der Waals surface area contributed by atoms with Crippen LogP contribution in [-0.4, -0.2) is 45.5 Å². The number of rotatable bonds is 3. The predicted molar refractivity (Wildman–Crippen MR) is 97.5 cm³/mol. The van der Waals surface area contributed by atoms with Crippen molar-refractivity contribution in [3.63, 3.8) is 0 Å². The molecule has 2 amide bonds. The van der Waals surface area contributed by atoms with Gasteiger partial charge in [-0.05, 0) is 38.7 Å². The Morgan fingerprint density at radius 1 is 1.32 bits per heavy atom.